The van der Waals surface area contributed by atoms with Gasteiger partial charge in [0.15, 0.2) is 9.84 Å². The summed E-state index contributed by atoms with van der Waals surface area (Å²) >= 11 is 0. The maximum Gasteiger partial charge on any atom is 0.178 e. The molecule has 0 heterocycles. The number of aliphatic carboxylic acids is 1. The number of hydrogen-bond acceptors (Lipinski definition) is 4. The standard InChI is InChI=1S/C9H10O4S/c10-9(11)6-7-14(12,13)8-4-2-1-3-5-8/h1-5H,6-7H2,(H,10,11)/p-1. The Labute approximate surface area is 82.1 Å². The molecule has 0 radical (unpaired) electrons. The molecule has 0 spiro atoms. The summed E-state index contributed by atoms with van der Waals surface area (Å²) in [6.07, 6.45) is -0.475. The molecule has 0 N–H and O–H groups in total. The van der Waals surface area contributed by atoms with Crippen molar-refractivity contribution in [2.45, 2.75) is 11.3 Å². The van der Waals surface area contributed by atoms with Gasteiger partial charge in [-0.1, -0.05) is 18.2 Å². The molecule has 0 atom stereocenters. The second-order valence-corrected chi connectivity index (χ2v) is 4.86. The quantitative estimate of drug-likeness (QED) is 0.682. The Morgan fingerprint density at radius 2 is 1.79 bits per heavy atom. The van der Waals surface area contributed by atoms with E-state index < -0.39 is 28.0 Å². The van der Waals surface area contributed by atoms with Gasteiger partial charge in [-0.05, 0) is 12.1 Å². The first-order valence-corrected chi connectivity index (χ1v) is 5.65. The molecule has 0 amide bonds. The first-order valence-electron chi connectivity index (χ1n) is 4.00. The number of carbonyl (C=O) groups excluding carboxylic acids is 1. The summed E-state index contributed by atoms with van der Waals surface area (Å²) in [6, 6.07) is 7.74. The molecule has 0 aliphatic rings. The number of rotatable bonds is 4. The van der Waals surface area contributed by atoms with Crippen LogP contribution < -0.4 is 5.11 Å². The van der Waals surface area contributed by atoms with Crippen LogP contribution in [0.25, 0.3) is 0 Å². The maximum absolute atomic E-state index is 11.4. The Kier molecular flexibility index (Phi) is 3.24. The average molecular weight is 213 g/mol. The topological polar surface area (TPSA) is 74.3 Å². The van der Waals surface area contributed by atoms with E-state index in [1.54, 1.807) is 18.2 Å². The van der Waals surface area contributed by atoms with Gasteiger partial charge in [0.1, 0.15) is 0 Å². The highest BCUT2D eigenvalue weighted by Crippen LogP contribution is 2.10. The van der Waals surface area contributed by atoms with Gasteiger partial charge in [0.2, 0.25) is 0 Å². The van der Waals surface area contributed by atoms with Crippen molar-refractivity contribution in [3.63, 3.8) is 0 Å². The van der Waals surface area contributed by atoms with Crippen LogP contribution in [0.5, 0.6) is 0 Å². The summed E-state index contributed by atoms with van der Waals surface area (Å²) < 4.78 is 22.9. The van der Waals surface area contributed by atoms with Crippen LogP contribution in [0.4, 0.5) is 0 Å². The van der Waals surface area contributed by atoms with Crippen LogP contribution in [-0.2, 0) is 14.6 Å². The monoisotopic (exact) mass is 213 g/mol. The van der Waals surface area contributed by atoms with Crippen molar-refractivity contribution in [1.29, 1.82) is 0 Å². The first kappa shape index (κ1) is 10.7. The van der Waals surface area contributed by atoms with Gasteiger partial charge in [-0.3, -0.25) is 0 Å². The molecule has 4 nitrogen and oxygen atoms in total. The zero-order valence-corrected chi connectivity index (χ0v) is 8.16. The highest BCUT2D eigenvalue weighted by molar-refractivity contribution is 7.91. The SMILES string of the molecule is O=C([O-])CCS(=O)(=O)c1ccccc1. The van der Waals surface area contributed by atoms with E-state index in [1.807, 2.05) is 0 Å². The molecule has 0 aliphatic heterocycles. The number of carboxylic acids is 1. The Bertz CT molecular complexity index is 408. The third-order valence-electron chi connectivity index (χ3n) is 1.68. The zero-order chi connectivity index (χ0) is 10.6. The summed E-state index contributed by atoms with van der Waals surface area (Å²) in [5.41, 5.74) is 0. The van der Waals surface area contributed by atoms with Gasteiger partial charge in [-0.15, -0.1) is 0 Å². The van der Waals surface area contributed by atoms with Crippen molar-refractivity contribution in [2.24, 2.45) is 0 Å². The molecule has 0 fully saturated rings. The van der Waals surface area contributed by atoms with Crippen LogP contribution in [0.15, 0.2) is 35.2 Å². The van der Waals surface area contributed by atoms with Crippen LogP contribution in [0.3, 0.4) is 0 Å². The molecule has 14 heavy (non-hydrogen) atoms. The second-order valence-electron chi connectivity index (χ2n) is 2.75. The van der Waals surface area contributed by atoms with Crippen LogP contribution in [-0.4, -0.2) is 20.1 Å². The Morgan fingerprint density at radius 1 is 1.21 bits per heavy atom. The van der Waals surface area contributed by atoms with E-state index in [0.717, 1.165) is 0 Å². The van der Waals surface area contributed by atoms with Gasteiger partial charge in [-0.25, -0.2) is 8.42 Å². The van der Waals surface area contributed by atoms with E-state index in [9.17, 15) is 18.3 Å². The van der Waals surface area contributed by atoms with E-state index in [4.69, 9.17) is 0 Å². The zero-order valence-electron chi connectivity index (χ0n) is 7.34. The third-order valence-corrected chi connectivity index (χ3v) is 3.41. The summed E-state index contributed by atoms with van der Waals surface area (Å²) in [4.78, 5) is 10.2. The molecule has 76 valence electrons. The minimum absolute atomic E-state index is 0.140. The molecule has 1 aromatic rings. The highest BCUT2D eigenvalue weighted by Gasteiger charge is 2.12. The van der Waals surface area contributed by atoms with E-state index in [-0.39, 0.29) is 4.90 Å². The first-order chi connectivity index (χ1) is 6.52. The smallest absolute Gasteiger partial charge is 0.178 e. The fourth-order valence-electron chi connectivity index (χ4n) is 0.963. The summed E-state index contributed by atoms with van der Waals surface area (Å²) in [5.74, 6) is -1.77. The summed E-state index contributed by atoms with van der Waals surface area (Å²) in [6.45, 7) is 0. The molecular formula is C9H9O4S-. The van der Waals surface area contributed by atoms with Gasteiger partial charge >= 0.3 is 0 Å². The van der Waals surface area contributed by atoms with Crippen LogP contribution in [0, 0.1) is 0 Å². The van der Waals surface area contributed by atoms with Crippen molar-refractivity contribution in [3.05, 3.63) is 30.3 Å². The maximum atomic E-state index is 11.4. The van der Waals surface area contributed by atoms with Crippen LogP contribution >= 0.6 is 0 Å². The summed E-state index contributed by atoms with van der Waals surface area (Å²) in [5, 5.41) is 10.1. The fourth-order valence-corrected chi connectivity index (χ4v) is 2.21. The van der Waals surface area contributed by atoms with Gasteiger partial charge in [0.05, 0.1) is 10.6 Å². The normalized spacial score (nSPS) is 11.1. The average Bonchev–Trinajstić information content (AvgIpc) is 2.16. The lowest BCUT2D eigenvalue weighted by molar-refractivity contribution is -0.305. The Hall–Kier alpha value is -1.36. The minimum atomic E-state index is -3.48. The fraction of sp³-hybridized carbons (Fsp3) is 0.222. The minimum Gasteiger partial charge on any atom is -0.550 e. The lowest BCUT2D eigenvalue weighted by atomic mass is 10.4. The van der Waals surface area contributed by atoms with E-state index in [0.29, 0.717) is 0 Å². The molecule has 0 saturated carbocycles. The van der Waals surface area contributed by atoms with E-state index >= 15 is 0 Å². The van der Waals surface area contributed by atoms with E-state index in [2.05, 4.69) is 0 Å². The molecule has 5 heteroatoms. The molecular weight excluding hydrogens is 204 g/mol. The van der Waals surface area contributed by atoms with Crippen molar-refractivity contribution in [2.75, 3.05) is 5.75 Å². The molecule has 0 aromatic heterocycles. The summed E-state index contributed by atoms with van der Waals surface area (Å²) in [7, 11) is -3.48. The van der Waals surface area contributed by atoms with Gasteiger partial charge in [0, 0.05) is 12.4 Å². The molecule has 0 saturated heterocycles. The second kappa shape index (κ2) is 4.23. The number of sulfone groups is 1. The Balaban J connectivity index is 2.82. The number of carbonyl (C=O) groups is 1. The van der Waals surface area contributed by atoms with Gasteiger partial charge in [0.25, 0.3) is 0 Å². The van der Waals surface area contributed by atoms with Crippen LogP contribution in [0.2, 0.25) is 0 Å². The number of carboxylic acid groups (broad SMARTS) is 1. The van der Waals surface area contributed by atoms with Crippen LogP contribution in [0.1, 0.15) is 6.42 Å². The number of benzene rings is 1. The molecule has 0 aliphatic carbocycles. The van der Waals surface area contributed by atoms with Gasteiger partial charge in [-0.2, -0.15) is 0 Å². The van der Waals surface area contributed by atoms with Crippen molar-refractivity contribution in [1.82, 2.24) is 0 Å². The molecule has 1 rings (SSSR count). The third kappa shape index (κ3) is 2.85. The predicted octanol–water partition coefficient (Wildman–Crippen LogP) is -0.400. The molecule has 0 unspecified atom stereocenters. The largest absolute Gasteiger partial charge is 0.550 e. The number of hydrogen-bond donors (Lipinski definition) is 0. The lowest BCUT2D eigenvalue weighted by Crippen LogP contribution is -2.25. The lowest BCUT2D eigenvalue weighted by Gasteiger charge is -2.04. The van der Waals surface area contributed by atoms with Crippen molar-refractivity contribution < 1.29 is 18.3 Å². The van der Waals surface area contributed by atoms with E-state index in [1.165, 1.54) is 12.1 Å². The van der Waals surface area contributed by atoms with Gasteiger partial charge < -0.3 is 9.90 Å². The predicted molar refractivity (Wildman–Crippen MR) is 48.1 cm³/mol. The van der Waals surface area contributed by atoms with Crippen molar-refractivity contribution >= 4 is 15.8 Å². The molecule has 1 aromatic carbocycles. The molecule has 0 bridgehead atoms. The Morgan fingerprint density at radius 3 is 2.29 bits per heavy atom. The highest BCUT2D eigenvalue weighted by atomic mass is 32.2. The van der Waals surface area contributed by atoms with Crippen molar-refractivity contribution in [3.8, 4) is 0 Å².